The molecule has 0 saturated heterocycles. The molecule has 6 nitrogen and oxygen atoms in total. The highest BCUT2D eigenvalue weighted by molar-refractivity contribution is 9.11. The molecule has 1 rings (SSSR count). The summed E-state index contributed by atoms with van der Waals surface area (Å²) in [5.74, 6) is 0. The highest BCUT2D eigenvalue weighted by atomic mass is 79.9. The lowest BCUT2D eigenvalue weighted by molar-refractivity contribution is 0.477. The molecular weight excluding hydrogens is 392 g/mol. The molecule has 0 aromatic carbocycles. The summed E-state index contributed by atoms with van der Waals surface area (Å²) in [6.45, 7) is 0. The van der Waals surface area contributed by atoms with Crippen molar-refractivity contribution < 1.29 is 25.9 Å². The first-order valence-electron chi connectivity index (χ1n) is 3.67. The summed E-state index contributed by atoms with van der Waals surface area (Å²) in [7, 11) is -9.13. The van der Waals surface area contributed by atoms with E-state index in [-0.39, 0.29) is 0 Å². The number of alkyl halides is 2. The molecule has 0 aromatic heterocycles. The van der Waals surface area contributed by atoms with E-state index in [1.54, 1.807) is 0 Å². The van der Waals surface area contributed by atoms with Gasteiger partial charge < -0.3 is 0 Å². The van der Waals surface area contributed by atoms with Crippen molar-refractivity contribution in [3.8, 4) is 0 Å². The van der Waals surface area contributed by atoms with Crippen LogP contribution in [0.2, 0.25) is 0 Å². The van der Waals surface area contributed by atoms with Crippen LogP contribution in [0.5, 0.6) is 0 Å². The quantitative estimate of drug-likeness (QED) is 0.409. The molecule has 0 heterocycles. The third-order valence-electron chi connectivity index (χ3n) is 1.80. The fraction of sp³-hybridized carbons (Fsp3) is 0.333. The highest BCUT2D eigenvalue weighted by Gasteiger charge is 2.41. The lowest BCUT2D eigenvalue weighted by Crippen LogP contribution is -2.32. The van der Waals surface area contributed by atoms with E-state index < -0.39 is 33.6 Å². The third-order valence-corrected chi connectivity index (χ3v) is 6.63. The summed E-state index contributed by atoms with van der Waals surface area (Å²) in [5.41, 5.74) is 0. The van der Waals surface area contributed by atoms with Crippen LogP contribution in [-0.4, -0.2) is 34.4 Å². The van der Waals surface area contributed by atoms with E-state index in [4.69, 9.17) is 9.11 Å². The van der Waals surface area contributed by atoms with Crippen LogP contribution in [-0.2, 0) is 20.2 Å². The Morgan fingerprint density at radius 1 is 1.25 bits per heavy atom. The Kier molecular flexibility index (Phi) is 3.74. The normalized spacial score (nSPS) is 31.2. The number of hydrogen-bond donors (Lipinski definition) is 2. The predicted molar refractivity (Wildman–Crippen MR) is 64.7 cm³/mol. The Morgan fingerprint density at radius 2 is 1.75 bits per heavy atom. The maximum absolute atomic E-state index is 11.0. The van der Waals surface area contributed by atoms with Gasteiger partial charge in [0.25, 0.3) is 20.2 Å². The molecule has 2 N–H and O–H groups in total. The number of hydrogen-bond acceptors (Lipinski definition) is 4. The van der Waals surface area contributed by atoms with Crippen LogP contribution in [0.15, 0.2) is 23.1 Å². The van der Waals surface area contributed by atoms with Gasteiger partial charge in [0.1, 0.15) is 0 Å². The van der Waals surface area contributed by atoms with Crippen LogP contribution < -0.4 is 0 Å². The summed E-state index contributed by atoms with van der Waals surface area (Å²) in [4.78, 5) is -1.42. The minimum absolute atomic E-state index is 0.565. The van der Waals surface area contributed by atoms with Gasteiger partial charge in [-0.25, -0.2) is 0 Å². The Morgan fingerprint density at radius 3 is 2.12 bits per heavy atom. The third kappa shape index (κ3) is 2.74. The number of halogens is 2. The molecule has 2 atom stereocenters. The molecule has 0 saturated carbocycles. The van der Waals surface area contributed by atoms with Crippen LogP contribution in [0, 0.1) is 0 Å². The van der Waals surface area contributed by atoms with Crippen LogP contribution in [0.3, 0.4) is 0 Å². The molecule has 1 aliphatic carbocycles. The van der Waals surface area contributed by atoms with Crippen molar-refractivity contribution >= 4 is 52.1 Å². The molecule has 0 radical (unpaired) electrons. The first-order chi connectivity index (χ1) is 6.97. The van der Waals surface area contributed by atoms with Crippen molar-refractivity contribution in [1.29, 1.82) is 0 Å². The van der Waals surface area contributed by atoms with Gasteiger partial charge in [-0.05, 0) is 12.2 Å². The van der Waals surface area contributed by atoms with Gasteiger partial charge in [-0.3, -0.25) is 9.11 Å². The van der Waals surface area contributed by atoms with Crippen molar-refractivity contribution in [3.05, 3.63) is 23.1 Å². The molecule has 0 aromatic rings. The SMILES string of the molecule is O=S(=O)(O)C1=CC(Br)(S(=O)(=O)O)C=CC1Br. The minimum atomic E-state index is -4.58. The van der Waals surface area contributed by atoms with Gasteiger partial charge in [-0.1, -0.05) is 37.9 Å². The first kappa shape index (κ1) is 14.3. The molecule has 10 heteroatoms. The van der Waals surface area contributed by atoms with E-state index >= 15 is 0 Å². The summed E-state index contributed by atoms with van der Waals surface area (Å²) in [5, 5.41) is 0. The van der Waals surface area contributed by atoms with Crippen molar-refractivity contribution in [3.63, 3.8) is 0 Å². The van der Waals surface area contributed by atoms with Crippen LogP contribution in [0.1, 0.15) is 0 Å². The Hall–Kier alpha value is 0.260. The Labute approximate surface area is 109 Å². The monoisotopic (exact) mass is 396 g/mol. The van der Waals surface area contributed by atoms with Gasteiger partial charge in [0.2, 0.25) is 0 Å². The van der Waals surface area contributed by atoms with Gasteiger partial charge in [0.05, 0.1) is 9.73 Å². The topological polar surface area (TPSA) is 109 Å². The Bertz CT molecular complexity index is 560. The van der Waals surface area contributed by atoms with E-state index in [1.807, 2.05) is 0 Å². The molecule has 0 aliphatic heterocycles. The number of rotatable bonds is 2. The largest absolute Gasteiger partial charge is 0.291 e. The maximum Gasteiger partial charge on any atom is 0.291 e. The van der Waals surface area contributed by atoms with Gasteiger partial charge in [-0.15, -0.1) is 0 Å². The zero-order chi connectivity index (χ0) is 12.8. The standard InChI is InChI=1S/C6H6Br2O6S2/c7-4-1-2-6(8,16(12,13)14)3-5(4)15(9,10)11/h1-4H,(H,9,10,11)(H,12,13,14). The lowest BCUT2D eigenvalue weighted by Gasteiger charge is -2.23. The van der Waals surface area contributed by atoms with E-state index in [1.165, 1.54) is 6.08 Å². The zero-order valence-electron chi connectivity index (χ0n) is 7.41. The summed E-state index contributed by atoms with van der Waals surface area (Å²) in [6, 6.07) is 0. The summed E-state index contributed by atoms with van der Waals surface area (Å²) < 4.78 is 59.6. The second-order valence-electron chi connectivity index (χ2n) is 2.96. The summed E-state index contributed by atoms with van der Waals surface area (Å²) >= 11 is 5.60. The molecule has 0 amide bonds. The first-order valence-corrected chi connectivity index (χ1v) is 8.26. The second-order valence-corrected chi connectivity index (χ2v) is 8.83. The Balaban J connectivity index is 3.44. The molecule has 0 spiro atoms. The van der Waals surface area contributed by atoms with E-state index in [0.717, 1.165) is 6.08 Å². The van der Waals surface area contributed by atoms with Crippen molar-refractivity contribution in [2.45, 2.75) is 8.48 Å². The van der Waals surface area contributed by atoms with Crippen LogP contribution in [0.4, 0.5) is 0 Å². The van der Waals surface area contributed by atoms with Crippen LogP contribution in [0.25, 0.3) is 0 Å². The van der Waals surface area contributed by atoms with Gasteiger partial charge in [-0.2, -0.15) is 16.8 Å². The second kappa shape index (κ2) is 4.18. The number of allylic oxidation sites excluding steroid dienone is 2. The minimum Gasteiger partial charge on any atom is -0.284 e. The van der Waals surface area contributed by atoms with Crippen LogP contribution >= 0.6 is 31.9 Å². The average Bonchev–Trinajstić information content (AvgIpc) is 2.05. The molecular formula is C6H6Br2O6S2. The fourth-order valence-corrected chi connectivity index (χ4v) is 3.85. The lowest BCUT2D eigenvalue weighted by atomic mass is 10.2. The average molecular weight is 398 g/mol. The molecule has 92 valence electrons. The molecule has 1 aliphatic rings. The van der Waals surface area contributed by atoms with E-state index in [2.05, 4.69) is 31.9 Å². The van der Waals surface area contributed by atoms with E-state index in [0.29, 0.717) is 6.08 Å². The van der Waals surface area contributed by atoms with Gasteiger partial charge in [0, 0.05) is 0 Å². The fourth-order valence-electron chi connectivity index (χ4n) is 1.01. The van der Waals surface area contributed by atoms with Gasteiger partial charge >= 0.3 is 0 Å². The van der Waals surface area contributed by atoms with Crippen molar-refractivity contribution in [2.24, 2.45) is 0 Å². The molecule has 2 unspecified atom stereocenters. The van der Waals surface area contributed by atoms with Gasteiger partial charge in [0.15, 0.2) is 3.66 Å². The predicted octanol–water partition coefficient (Wildman–Crippen LogP) is 1.07. The van der Waals surface area contributed by atoms with Crippen molar-refractivity contribution in [1.82, 2.24) is 0 Å². The smallest absolute Gasteiger partial charge is 0.284 e. The summed E-state index contributed by atoms with van der Waals surface area (Å²) in [6.07, 6.45) is 2.93. The maximum atomic E-state index is 11.0. The molecule has 0 fully saturated rings. The zero-order valence-corrected chi connectivity index (χ0v) is 12.2. The van der Waals surface area contributed by atoms with Crippen molar-refractivity contribution in [2.75, 3.05) is 0 Å². The highest BCUT2D eigenvalue weighted by Crippen LogP contribution is 2.37. The van der Waals surface area contributed by atoms with E-state index in [9.17, 15) is 16.8 Å². The molecule has 16 heavy (non-hydrogen) atoms. The molecule has 0 bridgehead atoms.